The van der Waals surface area contributed by atoms with Gasteiger partial charge in [0.15, 0.2) is 0 Å². The normalized spacial score (nSPS) is 16.3. The SMILES string of the molecule is CC(=O)NNC(=O)C(CC(C)C)N1C(=O)c2ccccc2C1c1cn(C)c2ccccc12. The molecule has 2 N–H and O–H groups in total. The Bertz CT molecular complexity index is 1200. The van der Waals surface area contributed by atoms with Crippen LogP contribution in [-0.2, 0) is 16.6 Å². The number of hydrazine groups is 1. The molecule has 32 heavy (non-hydrogen) atoms. The van der Waals surface area contributed by atoms with E-state index >= 15 is 0 Å². The molecule has 3 aromatic rings. The number of nitrogens with zero attached hydrogens (tertiary/aromatic N) is 2. The van der Waals surface area contributed by atoms with Crippen LogP contribution in [0.3, 0.4) is 0 Å². The average molecular weight is 433 g/mol. The largest absolute Gasteiger partial charge is 0.350 e. The second-order valence-corrected chi connectivity index (χ2v) is 8.73. The Labute approximate surface area is 187 Å². The minimum absolute atomic E-state index is 0.160. The number of benzene rings is 2. The van der Waals surface area contributed by atoms with E-state index in [-0.39, 0.29) is 17.7 Å². The van der Waals surface area contributed by atoms with Gasteiger partial charge in [-0.15, -0.1) is 0 Å². The Kier molecular flexibility index (Phi) is 5.74. The molecule has 0 radical (unpaired) electrons. The highest BCUT2D eigenvalue weighted by Gasteiger charge is 2.44. The molecule has 0 saturated carbocycles. The Morgan fingerprint density at radius 3 is 2.41 bits per heavy atom. The molecule has 0 fully saturated rings. The minimum atomic E-state index is -0.745. The summed E-state index contributed by atoms with van der Waals surface area (Å²) in [6, 6.07) is 14.4. The van der Waals surface area contributed by atoms with E-state index < -0.39 is 18.0 Å². The zero-order valence-electron chi connectivity index (χ0n) is 18.8. The van der Waals surface area contributed by atoms with Crippen LogP contribution in [0, 0.1) is 5.92 Å². The lowest BCUT2D eigenvalue weighted by atomic mass is 9.95. The maximum Gasteiger partial charge on any atom is 0.261 e. The Morgan fingerprint density at radius 2 is 1.69 bits per heavy atom. The lowest BCUT2D eigenvalue weighted by Crippen LogP contribution is -2.53. The Morgan fingerprint density at radius 1 is 1.00 bits per heavy atom. The van der Waals surface area contributed by atoms with Crippen molar-refractivity contribution in [2.45, 2.75) is 39.3 Å². The summed E-state index contributed by atoms with van der Waals surface area (Å²) in [7, 11) is 1.98. The summed E-state index contributed by atoms with van der Waals surface area (Å²) >= 11 is 0. The van der Waals surface area contributed by atoms with Gasteiger partial charge in [0.05, 0.1) is 6.04 Å². The predicted molar refractivity (Wildman–Crippen MR) is 123 cm³/mol. The van der Waals surface area contributed by atoms with Crippen LogP contribution in [0.25, 0.3) is 10.9 Å². The number of rotatable bonds is 5. The van der Waals surface area contributed by atoms with Crippen LogP contribution < -0.4 is 10.9 Å². The fraction of sp³-hybridized carbons (Fsp3) is 0.320. The van der Waals surface area contributed by atoms with Crippen LogP contribution in [0.1, 0.15) is 54.7 Å². The molecule has 1 aliphatic rings. The van der Waals surface area contributed by atoms with Gasteiger partial charge >= 0.3 is 0 Å². The fourth-order valence-corrected chi connectivity index (χ4v) is 4.59. The molecule has 7 heteroatoms. The molecule has 2 heterocycles. The van der Waals surface area contributed by atoms with Gasteiger partial charge in [-0.2, -0.15) is 0 Å². The van der Waals surface area contributed by atoms with E-state index in [1.165, 1.54) is 6.92 Å². The van der Waals surface area contributed by atoms with Gasteiger partial charge in [-0.3, -0.25) is 25.2 Å². The van der Waals surface area contributed by atoms with Crippen molar-refractivity contribution in [2.75, 3.05) is 0 Å². The van der Waals surface area contributed by atoms with Crippen LogP contribution in [0.5, 0.6) is 0 Å². The summed E-state index contributed by atoms with van der Waals surface area (Å²) in [5.41, 5.74) is 8.37. The third kappa shape index (κ3) is 3.75. The van der Waals surface area contributed by atoms with Crippen molar-refractivity contribution in [1.29, 1.82) is 0 Å². The number of para-hydroxylation sites is 1. The fourth-order valence-electron chi connectivity index (χ4n) is 4.59. The van der Waals surface area contributed by atoms with Crippen molar-refractivity contribution in [2.24, 2.45) is 13.0 Å². The van der Waals surface area contributed by atoms with E-state index in [1.54, 1.807) is 4.90 Å². The first-order valence-corrected chi connectivity index (χ1v) is 10.8. The number of nitrogens with one attached hydrogen (secondary N) is 2. The van der Waals surface area contributed by atoms with Crippen LogP contribution in [0.2, 0.25) is 0 Å². The first-order chi connectivity index (χ1) is 15.3. The quantitative estimate of drug-likeness (QED) is 0.607. The van der Waals surface area contributed by atoms with Crippen molar-refractivity contribution < 1.29 is 14.4 Å². The third-order valence-electron chi connectivity index (χ3n) is 5.92. The van der Waals surface area contributed by atoms with Crippen molar-refractivity contribution in [3.63, 3.8) is 0 Å². The molecule has 0 saturated heterocycles. The van der Waals surface area contributed by atoms with Gasteiger partial charge in [0.25, 0.3) is 11.8 Å². The van der Waals surface area contributed by atoms with Gasteiger partial charge in [-0.25, -0.2) is 0 Å². The van der Waals surface area contributed by atoms with Crippen molar-refractivity contribution in [1.82, 2.24) is 20.3 Å². The zero-order valence-corrected chi connectivity index (χ0v) is 18.8. The molecular weight excluding hydrogens is 404 g/mol. The van der Waals surface area contributed by atoms with Gasteiger partial charge in [0.2, 0.25) is 5.91 Å². The third-order valence-corrected chi connectivity index (χ3v) is 5.92. The summed E-state index contributed by atoms with van der Waals surface area (Å²) in [5, 5.41) is 1.04. The van der Waals surface area contributed by atoms with E-state index in [2.05, 4.69) is 10.9 Å². The van der Waals surface area contributed by atoms with Gasteiger partial charge in [-0.05, 0) is 30.0 Å². The predicted octanol–water partition coefficient (Wildman–Crippen LogP) is 3.31. The summed E-state index contributed by atoms with van der Waals surface area (Å²) in [4.78, 5) is 39.9. The van der Waals surface area contributed by atoms with Gasteiger partial charge in [0.1, 0.15) is 6.04 Å². The second kappa shape index (κ2) is 8.49. The van der Waals surface area contributed by atoms with E-state index in [0.717, 1.165) is 22.0 Å². The molecule has 4 rings (SSSR count). The molecule has 0 bridgehead atoms. The second-order valence-electron chi connectivity index (χ2n) is 8.73. The van der Waals surface area contributed by atoms with Crippen LogP contribution in [-0.4, -0.2) is 33.2 Å². The highest BCUT2D eigenvalue weighted by Crippen LogP contribution is 2.43. The van der Waals surface area contributed by atoms with Crippen LogP contribution >= 0.6 is 0 Å². The Balaban J connectivity index is 1.87. The molecular formula is C25H28N4O3. The van der Waals surface area contributed by atoms with Crippen LogP contribution in [0.4, 0.5) is 0 Å². The Hall–Kier alpha value is -3.61. The first kappa shape index (κ1) is 21.6. The van der Waals surface area contributed by atoms with Crippen LogP contribution in [0.15, 0.2) is 54.7 Å². The van der Waals surface area contributed by atoms with E-state index in [0.29, 0.717) is 12.0 Å². The number of hydrogen-bond donors (Lipinski definition) is 2. The first-order valence-electron chi connectivity index (χ1n) is 10.8. The number of carbonyl (C=O) groups is 3. The van der Waals surface area contributed by atoms with E-state index in [1.807, 2.05) is 80.2 Å². The molecule has 7 nitrogen and oxygen atoms in total. The van der Waals surface area contributed by atoms with Crippen molar-refractivity contribution in [3.05, 3.63) is 71.4 Å². The molecule has 166 valence electrons. The summed E-state index contributed by atoms with van der Waals surface area (Å²) < 4.78 is 2.04. The monoisotopic (exact) mass is 432 g/mol. The zero-order chi connectivity index (χ0) is 23.0. The molecule has 0 aliphatic carbocycles. The standard InChI is InChI=1S/C25H28N4O3/c1-15(2)13-22(24(31)27-26-16(3)30)29-23(18-10-5-6-11-19(18)25(29)32)20-14-28(4)21-12-8-7-9-17(20)21/h5-12,14-15,22-23H,13H2,1-4H3,(H,26,30)(H,27,31). The van der Waals surface area contributed by atoms with Crippen molar-refractivity contribution in [3.8, 4) is 0 Å². The number of fused-ring (bicyclic) bond motifs is 2. The highest BCUT2D eigenvalue weighted by atomic mass is 16.2. The number of aromatic nitrogens is 1. The molecule has 0 spiro atoms. The maximum atomic E-state index is 13.6. The number of hydrogen-bond acceptors (Lipinski definition) is 3. The lowest BCUT2D eigenvalue weighted by molar-refractivity contribution is -0.131. The molecule has 2 unspecified atom stereocenters. The molecule has 2 atom stereocenters. The van der Waals surface area contributed by atoms with Gasteiger partial charge < -0.3 is 9.47 Å². The molecule has 1 aliphatic heterocycles. The molecule has 3 amide bonds. The summed E-state index contributed by atoms with van der Waals surface area (Å²) in [6.45, 7) is 5.35. The number of aryl methyl sites for hydroxylation is 1. The van der Waals surface area contributed by atoms with E-state index in [4.69, 9.17) is 0 Å². The smallest absolute Gasteiger partial charge is 0.261 e. The average Bonchev–Trinajstić information content (AvgIpc) is 3.25. The topological polar surface area (TPSA) is 83.4 Å². The molecule has 1 aromatic heterocycles. The number of amides is 3. The van der Waals surface area contributed by atoms with Gasteiger partial charge in [0, 0.05) is 42.2 Å². The lowest BCUT2D eigenvalue weighted by Gasteiger charge is -2.33. The molecule has 2 aromatic carbocycles. The number of carbonyl (C=O) groups excluding carboxylic acids is 3. The van der Waals surface area contributed by atoms with Gasteiger partial charge in [-0.1, -0.05) is 50.2 Å². The summed E-state index contributed by atoms with van der Waals surface area (Å²) in [5.74, 6) is -0.793. The maximum absolute atomic E-state index is 13.6. The summed E-state index contributed by atoms with van der Waals surface area (Å²) in [6.07, 6.45) is 2.50. The van der Waals surface area contributed by atoms with Crippen molar-refractivity contribution >= 4 is 28.6 Å². The van der Waals surface area contributed by atoms with E-state index in [9.17, 15) is 14.4 Å². The minimum Gasteiger partial charge on any atom is -0.350 e. The highest BCUT2D eigenvalue weighted by molar-refractivity contribution is 6.03.